The molecule has 5 rings (SSSR count). The average Bonchev–Trinajstić information content (AvgIpc) is 2.94. The molecule has 9 heteroatoms. The van der Waals surface area contributed by atoms with E-state index in [0.717, 1.165) is 38.0 Å². The number of rotatable bonds is 8. The van der Waals surface area contributed by atoms with Crippen molar-refractivity contribution < 1.29 is 4.92 Å². The minimum atomic E-state index is -0.407. The first-order valence-corrected chi connectivity index (χ1v) is 12.3. The Bertz CT molecular complexity index is 1350. The number of piperidine rings is 1. The van der Waals surface area contributed by atoms with Gasteiger partial charge < -0.3 is 10.2 Å². The van der Waals surface area contributed by atoms with Gasteiger partial charge in [0.2, 0.25) is 11.6 Å². The summed E-state index contributed by atoms with van der Waals surface area (Å²) in [4.78, 5) is 22.2. The van der Waals surface area contributed by atoms with Gasteiger partial charge in [0.15, 0.2) is 0 Å². The van der Waals surface area contributed by atoms with Crippen molar-refractivity contribution in [2.24, 2.45) is 16.1 Å². The lowest BCUT2D eigenvalue weighted by Gasteiger charge is -2.32. The predicted octanol–water partition coefficient (Wildman–Crippen LogP) is 7.00. The van der Waals surface area contributed by atoms with Gasteiger partial charge in [-0.1, -0.05) is 48.5 Å². The highest BCUT2D eigenvalue weighted by molar-refractivity contribution is 5.74. The molecule has 4 aromatic rings. The second-order valence-corrected chi connectivity index (χ2v) is 8.98. The van der Waals surface area contributed by atoms with Crippen LogP contribution >= 0.6 is 0 Å². The van der Waals surface area contributed by atoms with Gasteiger partial charge in [0.25, 0.3) is 0 Å². The molecule has 1 N–H and O–H groups in total. The van der Waals surface area contributed by atoms with Crippen molar-refractivity contribution in [3.05, 3.63) is 107 Å². The molecule has 1 aromatic heterocycles. The summed E-state index contributed by atoms with van der Waals surface area (Å²) in [5.74, 6) is 1.07. The van der Waals surface area contributed by atoms with Crippen LogP contribution in [0, 0.1) is 16.0 Å². The van der Waals surface area contributed by atoms with Crippen LogP contribution in [0.1, 0.15) is 18.4 Å². The number of nitrogens with zero attached hydrogens (tertiary/aromatic N) is 6. The van der Waals surface area contributed by atoms with Crippen LogP contribution in [0.3, 0.4) is 0 Å². The van der Waals surface area contributed by atoms with E-state index >= 15 is 0 Å². The van der Waals surface area contributed by atoms with E-state index in [2.05, 4.69) is 49.8 Å². The summed E-state index contributed by atoms with van der Waals surface area (Å²) in [5.41, 5.74) is 3.31. The average molecular weight is 494 g/mol. The molecule has 186 valence electrons. The molecule has 0 unspecified atom stereocenters. The quantitative estimate of drug-likeness (QED) is 0.161. The molecule has 0 atom stereocenters. The van der Waals surface area contributed by atoms with Crippen molar-refractivity contribution in [1.29, 1.82) is 0 Å². The van der Waals surface area contributed by atoms with Crippen LogP contribution in [0.25, 0.3) is 0 Å². The van der Waals surface area contributed by atoms with Crippen LogP contribution in [0.15, 0.2) is 101 Å². The van der Waals surface area contributed by atoms with Crippen LogP contribution in [0.5, 0.6) is 0 Å². The fraction of sp³-hybridized carbons (Fsp3) is 0.214. The minimum absolute atomic E-state index is 0.114. The highest BCUT2D eigenvalue weighted by atomic mass is 16.6. The second-order valence-electron chi connectivity index (χ2n) is 8.98. The van der Waals surface area contributed by atoms with E-state index in [1.807, 2.05) is 41.3 Å². The lowest BCUT2D eigenvalue weighted by Crippen LogP contribution is -2.35. The van der Waals surface area contributed by atoms with Gasteiger partial charge in [0.05, 0.1) is 16.3 Å². The molecule has 1 saturated heterocycles. The van der Waals surface area contributed by atoms with E-state index in [0.29, 0.717) is 23.1 Å². The zero-order valence-corrected chi connectivity index (χ0v) is 20.3. The van der Waals surface area contributed by atoms with Crippen molar-refractivity contribution >= 4 is 34.4 Å². The number of nitro groups is 1. The van der Waals surface area contributed by atoms with E-state index in [4.69, 9.17) is 0 Å². The van der Waals surface area contributed by atoms with Gasteiger partial charge in [0, 0.05) is 18.8 Å². The smallest absolute Gasteiger partial charge is 0.351 e. The largest absolute Gasteiger partial charge is 0.353 e. The summed E-state index contributed by atoms with van der Waals surface area (Å²) in [6.07, 6.45) is 4.31. The third-order valence-corrected chi connectivity index (χ3v) is 6.43. The van der Waals surface area contributed by atoms with E-state index in [1.165, 1.54) is 11.9 Å². The molecule has 1 aliphatic rings. The monoisotopic (exact) mass is 493 g/mol. The van der Waals surface area contributed by atoms with Gasteiger partial charge in [-0.25, -0.2) is 9.97 Å². The van der Waals surface area contributed by atoms with Gasteiger partial charge in [-0.15, -0.1) is 0 Å². The van der Waals surface area contributed by atoms with Gasteiger partial charge in [-0.05, 0) is 67.1 Å². The SMILES string of the molecule is O=[N+]([O-])c1c(Nc2ccc(N=Nc3ccccc3)cc2)ncnc1N1CCC(Cc2ccccc2)CC1. The lowest BCUT2D eigenvalue weighted by atomic mass is 9.90. The highest BCUT2D eigenvalue weighted by Gasteiger charge is 2.30. The first-order chi connectivity index (χ1) is 18.2. The fourth-order valence-electron chi connectivity index (χ4n) is 4.52. The van der Waals surface area contributed by atoms with E-state index < -0.39 is 4.92 Å². The Morgan fingerprint density at radius 1 is 0.865 bits per heavy atom. The van der Waals surface area contributed by atoms with Gasteiger partial charge in [0.1, 0.15) is 6.33 Å². The Morgan fingerprint density at radius 2 is 1.49 bits per heavy atom. The van der Waals surface area contributed by atoms with Crippen molar-refractivity contribution in [3.8, 4) is 0 Å². The summed E-state index contributed by atoms with van der Waals surface area (Å²) in [6, 6.07) is 27.1. The molecule has 1 fully saturated rings. The third kappa shape index (κ3) is 6.13. The number of aromatic nitrogens is 2. The Labute approximate surface area is 215 Å². The van der Waals surface area contributed by atoms with Crippen LogP contribution in [0.4, 0.5) is 34.4 Å². The molecule has 0 bridgehead atoms. The normalized spacial score (nSPS) is 14.1. The first kappa shape index (κ1) is 24.1. The zero-order chi connectivity index (χ0) is 25.5. The summed E-state index contributed by atoms with van der Waals surface area (Å²) in [7, 11) is 0. The molecule has 37 heavy (non-hydrogen) atoms. The minimum Gasteiger partial charge on any atom is -0.351 e. The highest BCUT2D eigenvalue weighted by Crippen LogP contribution is 2.36. The molecule has 0 aliphatic carbocycles. The van der Waals surface area contributed by atoms with Crippen molar-refractivity contribution in [2.45, 2.75) is 19.3 Å². The first-order valence-electron chi connectivity index (χ1n) is 12.3. The van der Waals surface area contributed by atoms with Crippen LogP contribution in [0.2, 0.25) is 0 Å². The molecular formula is C28H27N7O2. The topological polar surface area (TPSA) is 109 Å². The number of hydrogen-bond acceptors (Lipinski definition) is 8. The maximum absolute atomic E-state index is 12.1. The third-order valence-electron chi connectivity index (χ3n) is 6.43. The van der Waals surface area contributed by atoms with Crippen LogP contribution < -0.4 is 10.2 Å². The standard InChI is InChI=1S/C28H27N7O2/c36-35(37)26-27(31-23-11-13-25(14-12-23)33-32-24-9-5-2-6-10-24)29-20-30-28(26)34-17-15-22(16-18-34)19-21-7-3-1-4-8-21/h1-14,20,22H,15-19H2,(H,29,30,31). The van der Waals surface area contributed by atoms with Crippen molar-refractivity contribution in [1.82, 2.24) is 9.97 Å². The molecule has 0 radical (unpaired) electrons. The van der Waals surface area contributed by atoms with Crippen molar-refractivity contribution in [2.75, 3.05) is 23.3 Å². The van der Waals surface area contributed by atoms with Gasteiger partial charge in [-0.3, -0.25) is 10.1 Å². The molecule has 0 saturated carbocycles. The number of nitrogens with one attached hydrogen (secondary N) is 1. The maximum atomic E-state index is 12.1. The fourth-order valence-corrected chi connectivity index (χ4v) is 4.52. The molecule has 1 aliphatic heterocycles. The Kier molecular flexibility index (Phi) is 7.40. The number of hydrogen-bond donors (Lipinski definition) is 1. The van der Waals surface area contributed by atoms with Gasteiger partial charge >= 0.3 is 5.69 Å². The summed E-state index contributed by atoms with van der Waals surface area (Å²) in [6.45, 7) is 1.44. The second kappa shape index (κ2) is 11.4. The number of benzene rings is 3. The molecule has 9 nitrogen and oxygen atoms in total. The van der Waals surface area contributed by atoms with Gasteiger partial charge in [-0.2, -0.15) is 10.2 Å². The Hall–Kier alpha value is -4.66. The molecule has 0 spiro atoms. The van der Waals surface area contributed by atoms with E-state index in [1.54, 1.807) is 24.3 Å². The number of anilines is 3. The number of azo groups is 1. The zero-order valence-electron chi connectivity index (χ0n) is 20.3. The Balaban J connectivity index is 1.27. The summed E-state index contributed by atoms with van der Waals surface area (Å²) in [5, 5.41) is 23.6. The molecular weight excluding hydrogens is 466 g/mol. The van der Waals surface area contributed by atoms with E-state index in [9.17, 15) is 10.1 Å². The molecule has 0 amide bonds. The maximum Gasteiger partial charge on any atom is 0.353 e. The summed E-state index contributed by atoms with van der Waals surface area (Å²) < 4.78 is 0. The lowest BCUT2D eigenvalue weighted by molar-refractivity contribution is -0.383. The van der Waals surface area contributed by atoms with Crippen molar-refractivity contribution in [3.63, 3.8) is 0 Å². The molecule has 3 aromatic carbocycles. The van der Waals surface area contributed by atoms with E-state index in [-0.39, 0.29) is 11.5 Å². The Morgan fingerprint density at radius 3 is 2.14 bits per heavy atom. The van der Waals surface area contributed by atoms with Crippen LogP contribution in [-0.4, -0.2) is 28.0 Å². The predicted molar refractivity (Wildman–Crippen MR) is 144 cm³/mol. The van der Waals surface area contributed by atoms with Crippen LogP contribution in [-0.2, 0) is 6.42 Å². The summed E-state index contributed by atoms with van der Waals surface area (Å²) >= 11 is 0. The molecule has 2 heterocycles.